The van der Waals surface area contributed by atoms with Gasteiger partial charge in [0.25, 0.3) is 0 Å². The van der Waals surface area contributed by atoms with Crippen molar-refractivity contribution in [3.8, 4) is 11.1 Å². The van der Waals surface area contributed by atoms with E-state index in [0.29, 0.717) is 18.2 Å². The fourth-order valence-corrected chi connectivity index (χ4v) is 4.95. The highest BCUT2D eigenvalue weighted by molar-refractivity contribution is 5.96. The van der Waals surface area contributed by atoms with Gasteiger partial charge in [-0.25, -0.2) is 0 Å². The monoisotopic (exact) mass is 496 g/mol. The van der Waals surface area contributed by atoms with Crippen molar-refractivity contribution >= 4 is 16.6 Å². The molecule has 6 heteroatoms. The van der Waals surface area contributed by atoms with Crippen LogP contribution in [0.15, 0.2) is 65.4 Å². The van der Waals surface area contributed by atoms with Crippen molar-refractivity contribution in [1.29, 1.82) is 0 Å². The number of nitrogens with zero attached hydrogens (tertiary/aromatic N) is 3. The van der Waals surface area contributed by atoms with Crippen LogP contribution in [0.4, 0.5) is 0 Å². The van der Waals surface area contributed by atoms with Gasteiger partial charge in [0.2, 0.25) is 0 Å². The standard InChI is InChI=1S/C31H36N4O2/c1-31(2,3)30-17-26(34-37-30)16-27(36)14-21-4-7-23(8-5-21)29-19-33-18-24-9-6-22(15-28(24)29)20-35-12-10-25(32)11-13-35/h4-9,15,17-19,25H,10-14,16,20,32H2,1-3H3. The van der Waals surface area contributed by atoms with Crippen LogP contribution in [-0.4, -0.2) is 40.0 Å². The SMILES string of the molecule is CC(C)(C)c1cc(CC(=O)Cc2ccc(-c3cncc4ccc(CN5CCC(N)CC5)cc34)cc2)no1. The molecular formula is C31H36N4O2. The molecule has 0 aliphatic carbocycles. The molecule has 0 unspecified atom stereocenters. The molecule has 37 heavy (non-hydrogen) atoms. The van der Waals surface area contributed by atoms with Crippen molar-refractivity contribution in [1.82, 2.24) is 15.0 Å². The van der Waals surface area contributed by atoms with Crippen LogP contribution in [-0.2, 0) is 29.6 Å². The molecule has 0 atom stereocenters. The summed E-state index contributed by atoms with van der Waals surface area (Å²) >= 11 is 0. The minimum atomic E-state index is -0.122. The number of piperidine rings is 1. The predicted molar refractivity (Wildman–Crippen MR) is 147 cm³/mol. The number of benzene rings is 2. The molecule has 192 valence electrons. The normalized spacial score (nSPS) is 15.4. The lowest BCUT2D eigenvalue weighted by Gasteiger charge is -2.30. The molecule has 2 aromatic heterocycles. The lowest BCUT2D eigenvalue weighted by molar-refractivity contribution is -0.117. The van der Waals surface area contributed by atoms with E-state index in [4.69, 9.17) is 10.3 Å². The Hall–Kier alpha value is -3.35. The van der Waals surface area contributed by atoms with E-state index in [0.717, 1.165) is 60.3 Å². The average molecular weight is 497 g/mol. The quantitative estimate of drug-likeness (QED) is 0.365. The van der Waals surface area contributed by atoms with Crippen LogP contribution in [0.2, 0.25) is 0 Å². The first-order chi connectivity index (χ1) is 17.7. The summed E-state index contributed by atoms with van der Waals surface area (Å²) in [5.41, 5.74) is 11.1. The first-order valence-corrected chi connectivity index (χ1v) is 13.2. The number of ketones is 1. The summed E-state index contributed by atoms with van der Waals surface area (Å²) in [4.78, 5) is 19.7. The highest BCUT2D eigenvalue weighted by atomic mass is 16.5. The predicted octanol–water partition coefficient (Wildman–Crippen LogP) is 5.46. The topological polar surface area (TPSA) is 85.2 Å². The molecule has 0 saturated carbocycles. The summed E-state index contributed by atoms with van der Waals surface area (Å²) < 4.78 is 5.42. The first-order valence-electron chi connectivity index (χ1n) is 13.2. The van der Waals surface area contributed by atoms with Crippen molar-refractivity contribution < 1.29 is 9.32 Å². The van der Waals surface area contributed by atoms with Gasteiger partial charge < -0.3 is 10.3 Å². The van der Waals surface area contributed by atoms with Gasteiger partial charge >= 0.3 is 0 Å². The Labute approximate surface area is 218 Å². The van der Waals surface area contributed by atoms with E-state index in [2.05, 4.69) is 66.1 Å². The Morgan fingerprint density at radius 3 is 2.43 bits per heavy atom. The molecule has 0 amide bonds. The summed E-state index contributed by atoms with van der Waals surface area (Å²) in [6.45, 7) is 9.25. The number of hydrogen-bond acceptors (Lipinski definition) is 6. The van der Waals surface area contributed by atoms with Gasteiger partial charge in [0.15, 0.2) is 0 Å². The van der Waals surface area contributed by atoms with Gasteiger partial charge in [-0.15, -0.1) is 0 Å². The van der Waals surface area contributed by atoms with Crippen LogP contribution in [0.25, 0.3) is 21.9 Å². The maximum Gasteiger partial charge on any atom is 0.143 e. The van der Waals surface area contributed by atoms with Crippen molar-refractivity contribution in [3.05, 3.63) is 83.5 Å². The largest absolute Gasteiger partial charge is 0.361 e. The van der Waals surface area contributed by atoms with Crippen LogP contribution < -0.4 is 5.73 Å². The highest BCUT2D eigenvalue weighted by Crippen LogP contribution is 2.30. The minimum absolute atomic E-state index is 0.122. The van der Waals surface area contributed by atoms with Gasteiger partial charge in [-0.05, 0) is 54.1 Å². The van der Waals surface area contributed by atoms with Crippen LogP contribution in [0.1, 0.15) is 56.2 Å². The smallest absolute Gasteiger partial charge is 0.143 e. The van der Waals surface area contributed by atoms with E-state index >= 15 is 0 Å². The number of aromatic nitrogens is 2. The number of hydrogen-bond donors (Lipinski definition) is 1. The summed E-state index contributed by atoms with van der Waals surface area (Å²) in [6, 6.07) is 17.1. The van der Waals surface area contributed by atoms with Crippen LogP contribution >= 0.6 is 0 Å². The fourth-order valence-electron chi connectivity index (χ4n) is 4.95. The molecule has 0 bridgehead atoms. The third-order valence-corrected chi connectivity index (χ3v) is 7.21. The molecule has 3 heterocycles. The number of likely N-dealkylation sites (tertiary alicyclic amines) is 1. The maximum absolute atomic E-state index is 12.7. The lowest BCUT2D eigenvalue weighted by Crippen LogP contribution is -2.39. The Morgan fingerprint density at radius 2 is 1.73 bits per heavy atom. The van der Waals surface area contributed by atoms with Crippen molar-refractivity contribution in [2.75, 3.05) is 13.1 Å². The van der Waals surface area contributed by atoms with Crippen molar-refractivity contribution in [2.24, 2.45) is 5.73 Å². The number of fused-ring (bicyclic) bond motifs is 1. The van der Waals surface area contributed by atoms with Gasteiger partial charge in [0, 0.05) is 53.8 Å². The second-order valence-corrected chi connectivity index (χ2v) is 11.4. The number of pyridine rings is 1. The molecule has 1 saturated heterocycles. The second kappa shape index (κ2) is 10.6. The molecule has 0 spiro atoms. The third-order valence-electron chi connectivity index (χ3n) is 7.21. The molecular weight excluding hydrogens is 460 g/mol. The van der Waals surface area contributed by atoms with Gasteiger partial charge in [-0.2, -0.15) is 0 Å². The Kier molecular flexibility index (Phi) is 7.22. The van der Waals surface area contributed by atoms with E-state index in [9.17, 15) is 4.79 Å². The van der Waals surface area contributed by atoms with E-state index in [1.54, 1.807) is 0 Å². The Morgan fingerprint density at radius 1 is 1.00 bits per heavy atom. The lowest BCUT2D eigenvalue weighted by atomic mass is 9.93. The molecule has 0 radical (unpaired) electrons. The molecule has 6 nitrogen and oxygen atoms in total. The van der Waals surface area contributed by atoms with Gasteiger partial charge in [-0.3, -0.25) is 14.7 Å². The second-order valence-electron chi connectivity index (χ2n) is 11.4. The van der Waals surface area contributed by atoms with Crippen molar-refractivity contribution in [2.45, 2.75) is 64.5 Å². The number of nitrogens with two attached hydrogens (primary N) is 1. The molecule has 5 rings (SSSR count). The fraction of sp³-hybridized carbons (Fsp3) is 0.387. The third kappa shape index (κ3) is 6.14. The molecule has 2 aromatic carbocycles. The molecule has 1 fully saturated rings. The zero-order chi connectivity index (χ0) is 26.0. The molecule has 4 aromatic rings. The molecule has 1 aliphatic heterocycles. The van der Waals surface area contributed by atoms with Crippen LogP contribution in [0.3, 0.4) is 0 Å². The van der Waals surface area contributed by atoms with E-state index in [1.807, 2.05) is 30.6 Å². The number of rotatable bonds is 7. The van der Waals surface area contributed by atoms with Crippen LogP contribution in [0, 0.1) is 0 Å². The van der Waals surface area contributed by atoms with E-state index in [1.165, 1.54) is 10.9 Å². The summed E-state index contributed by atoms with van der Waals surface area (Å²) in [6.07, 6.45) is 6.63. The first kappa shape index (κ1) is 25.3. The summed E-state index contributed by atoms with van der Waals surface area (Å²) in [7, 11) is 0. The van der Waals surface area contributed by atoms with Crippen molar-refractivity contribution in [3.63, 3.8) is 0 Å². The highest BCUT2D eigenvalue weighted by Gasteiger charge is 2.21. The number of carbonyl (C=O) groups is 1. The zero-order valence-electron chi connectivity index (χ0n) is 22.0. The number of Topliss-reactive ketones (excluding diaryl/α,β-unsaturated/α-hetero) is 1. The van der Waals surface area contributed by atoms with E-state index < -0.39 is 0 Å². The number of carbonyl (C=O) groups excluding carboxylic acids is 1. The minimum Gasteiger partial charge on any atom is -0.361 e. The average Bonchev–Trinajstić information content (AvgIpc) is 3.35. The summed E-state index contributed by atoms with van der Waals surface area (Å²) in [5, 5.41) is 6.41. The molecule has 2 N–H and O–H groups in total. The van der Waals surface area contributed by atoms with Gasteiger partial charge in [-0.1, -0.05) is 62.3 Å². The Bertz CT molecular complexity index is 1380. The van der Waals surface area contributed by atoms with Crippen LogP contribution in [0.5, 0.6) is 0 Å². The zero-order valence-corrected chi connectivity index (χ0v) is 22.0. The molecule has 1 aliphatic rings. The Balaban J connectivity index is 1.28. The van der Waals surface area contributed by atoms with E-state index in [-0.39, 0.29) is 17.6 Å². The summed E-state index contributed by atoms with van der Waals surface area (Å²) in [5.74, 6) is 0.920. The van der Waals surface area contributed by atoms with Gasteiger partial charge in [0.05, 0.1) is 12.1 Å². The van der Waals surface area contributed by atoms with Gasteiger partial charge in [0.1, 0.15) is 11.5 Å². The maximum atomic E-state index is 12.7.